The molecule has 0 bridgehead atoms. The lowest BCUT2D eigenvalue weighted by Gasteiger charge is -2.43. The zero-order valence-electron chi connectivity index (χ0n) is 10.9. The molecule has 2 unspecified atom stereocenters. The molecule has 0 amide bonds. The molecule has 0 saturated carbocycles. The van der Waals surface area contributed by atoms with E-state index in [1.165, 1.54) is 12.8 Å². The summed E-state index contributed by atoms with van der Waals surface area (Å²) in [6, 6.07) is 1.70. The zero-order chi connectivity index (χ0) is 12.5. The number of hydrogen-bond acceptors (Lipinski definition) is 4. The second-order valence-corrected chi connectivity index (χ2v) is 7.78. The van der Waals surface area contributed by atoms with E-state index in [9.17, 15) is 8.42 Å². The summed E-state index contributed by atoms with van der Waals surface area (Å²) in [6.07, 6.45) is 4.03. The number of hydrogen-bond donors (Lipinski definition) is 1. The Morgan fingerprint density at radius 3 is 2.35 bits per heavy atom. The average Bonchev–Trinajstić information content (AvgIpc) is 2.29. The van der Waals surface area contributed by atoms with E-state index in [2.05, 4.69) is 17.1 Å². The van der Waals surface area contributed by atoms with Crippen LogP contribution in [0.5, 0.6) is 0 Å². The molecule has 2 heterocycles. The fourth-order valence-electron chi connectivity index (χ4n) is 3.20. The Labute approximate surface area is 105 Å². The van der Waals surface area contributed by atoms with Gasteiger partial charge < -0.3 is 5.32 Å². The summed E-state index contributed by atoms with van der Waals surface area (Å²) in [7, 11) is -0.698. The van der Waals surface area contributed by atoms with Crippen LogP contribution in [0.2, 0.25) is 0 Å². The highest BCUT2D eigenvalue weighted by atomic mass is 32.2. The van der Waals surface area contributed by atoms with Gasteiger partial charge in [0.25, 0.3) is 0 Å². The summed E-state index contributed by atoms with van der Waals surface area (Å²) in [4.78, 5) is 2.53. The van der Waals surface area contributed by atoms with Gasteiger partial charge in [-0.15, -0.1) is 0 Å². The van der Waals surface area contributed by atoms with Gasteiger partial charge in [0.2, 0.25) is 0 Å². The molecule has 5 heteroatoms. The van der Waals surface area contributed by atoms with E-state index in [1.807, 2.05) is 7.05 Å². The summed E-state index contributed by atoms with van der Waals surface area (Å²) in [5, 5.41) is 3.35. The fourth-order valence-corrected chi connectivity index (χ4v) is 4.67. The molecule has 1 N–H and O–H groups in total. The van der Waals surface area contributed by atoms with Gasteiger partial charge in [0.05, 0.1) is 11.5 Å². The molecule has 17 heavy (non-hydrogen) atoms. The minimum Gasteiger partial charge on any atom is -0.317 e. The lowest BCUT2D eigenvalue weighted by molar-refractivity contribution is 0.0837. The van der Waals surface area contributed by atoms with E-state index < -0.39 is 9.84 Å². The van der Waals surface area contributed by atoms with Crippen molar-refractivity contribution in [3.05, 3.63) is 0 Å². The van der Waals surface area contributed by atoms with Crippen LogP contribution in [-0.4, -0.2) is 56.5 Å². The van der Waals surface area contributed by atoms with Gasteiger partial charge in [-0.1, -0.05) is 0 Å². The fraction of sp³-hybridized carbons (Fsp3) is 1.00. The molecule has 2 saturated heterocycles. The Balaban J connectivity index is 1.91. The van der Waals surface area contributed by atoms with Gasteiger partial charge in [0.15, 0.2) is 0 Å². The van der Waals surface area contributed by atoms with E-state index in [4.69, 9.17) is 0 Å². The van der Waals surface area contributed by atoms with Crippen LogP contribution in [0.3, 0.4) is 0 Å². The summed E-state index contributed by atoms with van der Waals surface area (Å²) in [5.41, 5.74) is 0. The van der Waals surface area contributed by atoms with Crippen LogP contribution in [0.4, 0.5) is 0 Å². The molecule has 0 radical (unpaired) electrons. The van der Waals surface area contributed by atoms with Crippen LogP contribution >= 0.6 is 0 Å². The molecular formula is C12H24N2O2S. The van der Waals surface area contributed by atoms with Crippen molar-refractivity contribution in [3.63, 3.8) is 0 Å². The van der Waals surface area contributed by atoms with E-state index in [0.717, 1.165) is 19.4 Å². The predicted octanol–water partition coefficient (Wildman–Crippen LogP) is 0.636. The second-order valence-electron chi connectivity index (χ2n) is 5.48. The van der Waals surface area contributed by atoms with Crippen LogP contribution in [0, 0.1) is 0 Å². The molecule has 0 aromatic heterocycles. The Morgan fingerprint density at radius 2 is 1.82 bits per heavy atom. The van der Waals surface area contributed by atoms with Gasteiger partial charge in [-0.25, -0.2) is 8.42 Å². The maximum atomic E-state index is 11.4. The maximum absolute atomic E-state index is 11.4. The van der Waals surface area contributed by atoms with Crippen LogP contribution in [0.1, 0.15) is 32.6 Å². The number of nitrogens with one attached hydrogen (secondary N) is 1. The standard InChI is InChI=1S/C12H24N2O2S/c1-10-9-11(13-2)3-6-14(10)12-4-7-17(15,16)8-5-12/h10-13H,3-9H2,1-2H3. The van der Waals surface area contributed by atoms with Crippen molar-refractivity contribution in [1.82, 2.24) is 10.2 Å². The zero-order valence-corrected chi connectivity index (χ0v) is 11.7. The molecule has 100 valence electrons. The highest BCUT2D eigenvalue weighted by molar-refractivity contribution is 7.91. The molecular weight excluding hydrogens is 236 g/mol. The first kappa shape index (κ1) is 13.3. The van der Waals surface area contributed by atoms with E-state index in [0.29, 0.717) is 29.6 Å². The molecule has 4 nitrogen and oxygen atoms in total. The van der Waals surface area contributed by atoms with Crippen LogP contribution < -0.4 is 5.32 Å². The van der Waals surface area contributed by atoms with Crippen molar-refractivity contribution >= 4 is 9.84 Å². The van der Waals surface area contributed by atoms with Crippen LogP contribution in [0.25, 0.3) is 0 Å². The van der Waals surface area contributed by atoms with E-state index in [-0.39, 0.29) is 0 Å². The van der Waals surface area contributed by atoms with Gasteiger partial charge >= 0.3 is 0 Å². The largest absolute Gasteiger partial charge is 0.317 e. The second kappa shape index (κ2) is 5.24. The van der Waals surface area contributed by atoms with E-state index >= 15 is 0 Å². The Kier molecular flexibility index (Phi) is 4.10. The Hall–Kier alpha value is -0.130. The highest BCUT2D eigenvalue weighted by Crippen LogP contribution is 2.25. The smallest absolute Gasteiger partial charge is 0.150 e. The molecule has 0 aromatic carbocycles. The number of rotatable bonds is 2. The van der Waals surface area contributed by atoms with Crippen LogP contribution in [0.15, 0.2) is 0 Å². The first-order valence-electron chi connectivity index (χ1n) is 6.65. The summed E-state index contributed by atoms with van der Waals surface area (Å²) < 4.78 is 22.9. The van der Waals surface area contributed by atoms with Gasteiger partial charge in [-0.3, -0.25) is 4.90 Å². The lowest BCUT2D eigenvalue weighted by Crippen LogP contribution is -2.52. The average molecular weight is 260 g/mol. The molecule has 2 atom stereocenters. The third-order valence-corrected chi connectivity index (χ3v) is 6.04. The molecule has 2 rings (SSSR count). The molecule has 2 fully saturated rings. The van der Waals surface area contributed by atoms with Gasteiger partial charge in [0, 0.05) is 24.7 Å². The third-order valence-electron chi connectivity index (χ3n) is 4.33. The molecule has 2 aliphatic heterocycles. The lowest BCUT2D eigenvalue weighted by atomic mass is 9.95. The number of piperidine rings is 1. The van der Waals surface area contributed by atoms with Crippen molar-refractivity contribution < 1.29 is 8.42 Å². The summed E-state index contributed by atoms with van der Waals surface area (Å²) in [6.45, 7) is 3.38. The van der Waals surface area contributed by atoms with E-state index in [1.54, 1.807) is 0 Å². The maximum Gasteiger partial charge on any atom is 0.150 e. The topological polar surface area (TPSA) is 49.4 Å². The van der Waals surface area contributed by atoms with Crippen LogP contribution in [-0.2, 0) is 9.84 Å². The summed E-state index contributed by atoms with van der Waals surface area (Å²) >= 11 is 0. The Morgan fingerprint density at radius 1 is 1.18 bits per heavy atom. The summed E-state index contributed by atoms with van der Waals surface area (Å²) in [5.74, 6) is 0.771. The minimum absolute atomic E-state index is 0.385. The molecule has 0 aliphatic carbocycles. The first-order chi connectivity index (χ1) is 8.02. The first-order valence-corrected chi connectivity index (χ1v) is 8.47. The predicted molar refractivity (Wildman–Crippen MR) is 69.9 cm³/mol. The quantitative estimate of drug-likeness (QED) is 0.791. The molecule has 0 spiro atoms. The van der Waals surface area contributed by atoms with Gasteiger partial charge in [0.1, 0.15) is 9.84 Å². The SMILES string of the molecule is CNC1CCN(C2CCS(=O)(=O)CC2)C(C)C1. The number of nitrogens with zero attached hydrogens (tertiary/aromatic N) is 1. The van der Waals surface area contributed by atoms with Gasteiger partial charge in [-0.05, 0) is 39.7 Å². The highest BCUT2D eigenvalue weighted by Gasteiger charge is 2.33. The van der Waals surface area contributed by atoms with Crippen molar-refractivity contribution in [1.29, 1.82) is 0 Å². The third kappa shape index (κ3) is 3.20. The number of likely N-dealkylation sites (tertiary alicyclic amines) is 1. The molecule has 2 aliphatic rings. The normalized spacial score (nSPS) is 35.9. The minimum atomic E-state index is -2.73. The van der Waals surface area contributed by atoms with Crippen molar-refractivity contribution in [3.8, 4) is 0 Å². The van der Waals surface area contributed by atoms with Crippen molar-refractivity contribution in [2.24, 2.45) is 0 Å². The van der Waals surface area contributed by atoms with Crippen molar-refractivity contribution in [2.75, 3.05) is 25.1 Å². The molecule has 0 aromatic rings. The number of sulfone groups is 1. The van der Waals surface area contributed by atoms with Gasteiger partial charge in [-0.2, -0.15) is 0 Å². The Bertz CT molecular complexity index is 342. The monoisotopic (exact) mass is 260 g/mol. The van der Waals surface area contributed by atoms with Crippen molar-refractivity contribution in [2.45, 2.75) is 50.7 Å².